The summed E-state index contributed by atoms with van der Waals surface area (Å²) in [6.07, 6.45) is 0. The first-order valence-electron chi connectivity index (χ1n) is 9.51. The number of benzene rings is 2. The molecule has 0 aromatic heterocycles. The van der Waals surface area contributed by atoms with Crippen LogP contribution >= 0.6 is 0 Å². The van der Waals surface area contributed by atoms with Crippen molar-refractivity contribution >= 4 is 5.96 Å². The Bertz CT molecular complexity index is 805. The zero-order chi connectivity index (χ0) is 20.5. The summed E-state index contributed by atoms with van der Waals surface area (Å²) in [6.45, 7) is 6.39. The topological polar surface area (TPSA) is 48.9 Å². The highest BCUT2D eigenvalue weighted by atomic mass is 19.1. The van der Waals surface area contributed by atoms with E-state index in [-0.39, 0.29) is 5.82 Å². The third-order valence-electron chi connectivity index (χ3n) is 4.25. The van der Waals surface area contributed by atoms with E-state index in [0.717, 1.165) is 16.9 Å². The van der Waals surface area contributed by atoms with Gasteiger partial charge in [-0.3, -0.25) is 4.99 Å². The van der Waals surface area contributed by atoms with Crippen LogP contribution in [0.15, 0.2) is 41.4 Å². The highest BCUT2D eigenvalue weighted by Gasteiger charge is 2.07. The van der Waals surface area contributed by atoms with Gasteiger partial charge < -0.3 is 20.3 Å². The molecule has 2 aromatic rings. The predicted molar refractivity (Wildman–Crippen MR) is 113 cm³/mol. The quantitative estimate of drug-likeness (QED) is 0.539. The van der Waals surface area contributed by atoms with Gasteiger partial charge in [0.1, 0.15) is 11.6 Å². The van der Waals surface area contributed by atoms with Crippen LogP contribution in [-0.4, -0.2) is 38.6 Å². The molecule has 6 heteroatoms. The molecule has 0 unspecified atom stereocenters. The van der Waals surface area contributed by atoms with E-state index in [2.05, 4.69) is 27.8 Å². The Morgan fingerprint density at radius 2 is 1.82 bits per heavy atom. The fraction of sp³-hybridized carbons (Fsp3) is 0.409. The number of guanidine groups is 1. The van der Waals surface area contributed by atoms with Gasteiger partial charge in [0.25, 0.3) is 0 Å². The maximum atomic E-state index is 13.9. The van der Waals surface area contributed by atoms with E-state index in [1.807, 2.05) is 45.0 Å². The molecule has 0 saturated carbocycles. The molecule has 0 amide bonds. The average molecular weight is 387 g/mol. The number of ether oxygens (including phenoxy) is 1. The third-order valence-corrected chi connectivity index (χ3v) is 4.25. The average Bonchev–Trinajstić information content (AvgIpc) is 2.65. The molecule has 0 bridgehead atoms. The van der Waals surface area contributed by atoms with Gasteiger partial charge >= 0.3 is 0 Å². The molecule has 152 valence electrons. The zero-order valence-electron chi connectivity index (χ0n) is 17.5. The van der Waals surface area contributed by atoms with E-state index in [9.17, 15) is 4.39 Å². The number of rotatable bonds is 8. The van der Waals surface area contributed by atoms with Crippen molar-refractivity contribution in [2.24, 2.45) is 4.99 Å². The molecular formula is C22H31FN4O. The van der Waals surface area contributed by atoms with Crippen LogP contribution < -0.4 is 15.4 Å². The van der Waals surface area contributed by atoms with Gasteiger partial charge in [-0.15, -0.1) is 0 Å². The highest BCUT2D eigenvalue weighted by molar-refractivity contribution is 5.79. The lowest BCUT2D eigenvalue weighted by atomic mass is 10.1. The van der Waals surface area contributed by atoms with Crippen LogP contribution in [0.2, 0.25) is 0 Å². The summed E-state index contributed by atoms with van der Waals surface area (Å²) in [6, 6.07) is 11.4. The van der Waals surface area contributed by atoms with Crippen LogP contribution in [0.3, 0.4) is 0 Å². The molecular weight excluding hydrogens is 355 g/mol. The van der Waals surface area contributed by atoms with Crippen molar-refractivity contribution in [1.82, 2.24) is 15.5 Å². The van der Waals surface area contributed by atoms with Crippen LogP contribution in [0.1, 0.15) is 29.2 Å². The molecule has 28 heavy (non-hydrogen) atoms. The first-order chi connectivity index (χ1) is 13.4. The van der Waals surface area contributed by atoms with Crippen LogP contribution in [0, 0.1) is 12.7 Å². The number of hydrogen-bond acceptors (Lipinski definition) is 3. The largest absolute Gasteiger partial charge is 0.494 e. The molecule has 2 rings (SSSR count). The van der Waals surface area contributed by atoms with Crippen LogP contribution in [0.5, 0.6) is 5.75 Å². The lowest BCUT2D eigenvalue weighted by Gasteiger charge is -2.16. The second-order valence-corrected chi connectivity index (χ2v) is 6.99. The van der Waals surface area contributed by atoms with Crippen molar-refractivity contribution < 1.29 is 9.13 Å². The van der Waals surface area contributed by atoms with Gasteiger partial charge in [0.05, 0.1) is 6.61 Å². The Labute approximate surface area is 167 Å². The Kier molecular flexibility index (Phi) is 8.26. The van der Waals surface area contributed by atoms with E-state index in [1.165, 1.54) is 11.6 Å². The molecule has 0 spiro atoms. The molecule has 0 heterocycles. The number of nitrogens with one attached hydrogen (secondary N) is 2. The van der Waals surface area contributed by atoms with Crippen molar-refractivity contribution in [2.75, 3.05) is 27.7 Å². The smallest absolute Gasteiger partial charge is 0.191 e. The fourth-order valence-electron chi connectivity index (χ4n) is 2.88. The molecule has 0 aliphatic rings. The Morgan fingerprint density at radius 1 is 1.07 bits per heavy atom. The lowest BCUT2D eigenvalue weighted by Crippen LogP contribution is -2.36. The van der Waals surface area contributed by atoms with E-state index in [4.69, 9.17) is 4.74 Å². The minimum Gasteiger partial charge on any atom is -0.494 e. The van der Waals surface area contributed by atoms with Gasteiger partial charge in [-0.1, -0.05) is 18.2 Å². The van der Waals surface area contributed by atoms with Crippen LogP contribution in [0.25, 0.3) is 0 Å². The monoisotopic (exact) mass is 386 g/mol. The van der Waals surface area contributed by atoms with Gasteiger partial charge in [0, 0.05) is 37.8 Å². The second-order valence-electron chi connectivity index (χ2n) is 6.99. The number of halogens is 1. The van der Waals surface area contributed by atoms with Crippen molar-refractivity contribution in [3.05, 3.63) is 64.5 Å². The summed E-state index contributed by atoms with van der Waals surface area (Å²) in [5.41, 5.74) is 3.93. The van der Waals surface area contributed by atoms with E-state index >= 15 is 0 Å². The molecule has 0 aliphatic carbocycles. The van der Waals surface area contributed by atoms with Gasteiger partial charge in [-0.05, 0) is 57.3 Å². The number of hydrogen-bond donors (Lipinski definition) is 2. The van der Waals surface area contributed by atoms with Crippen molar-refractivity contribution in [3.63, 3.8) is 0 Å². The molecule has 2 aromatic carbocycles. The summed E-state index contributed by atoms with van der Waals surface area (Å²) < 4.78 is 19.7. The van der Waals surface area contributed by atoms with E-state index in [1.54, 1.807) is 13.1 Å². The van der Waals surface area contributed by atoms with Crippen LogP contribution in [-0.2, 0) is 19.6 Å². The molecule has 0 aliphatic heterocycles. The van der Waals surface area contributed by atoms with Gasteiger partial charge in [0.2, 0.25) is 0 Å². The van der Waals surface area contributed by atoms with Crippen molar-refractivity contribution in [1.29, 1.82) is 0 Å². The lowest BCUT2D eigenvalue weighted by molar-refractivity contribution is 0.336. The minimum absolute atomic E-state index is 0.178. The van der Waals surface area contributed by atoms with E-state index < -0.39 is 0 Å². The maximum Gasteiger partial charge on any atom is 0.191 e. The fourth-order valence-corrected chi connectivity index (χ4v) is 2.88. The summed E-state index contributed by atoms with van der Waals surface area (Å²) in [5.74, 6) is 1.39. The zero-order valence-corrected chi connectivity index (χ0v) is 17.5. The number of nitrogens with zero attached hydrogens (tertiary/aromatic N) is 2. The number of aliphatic imine (C=N–C) groups is 1. The summed E-state index contributed by atoms with van der Waals surface area (Å²) in [5, 5.41) is 6.59. The summed E-state index contributed by atoms with van der Waals surface area (Å²) in [7, 11) is 5.59. The van der Waals surface area contributed by atoms with Crippen LogP contribution in [0.4, 0.5) is 4.39 Å². The Hall–Kier alpha value is -2.60. The summed E-state index contributed by atoms with van der Waals surface area (Å²) in [4.78, 5) is 6.22. The normalized spacial score (nSPS) is 11.6. The molecule has 0 radical (unpaired) electrons. The van der Waals surface area contributed by atoms with E-state index in [0.29, 0.717) is 37.8 Å². The SMILES string of the molecule is CCOc1cc(C)ccc1CNC(=NC)NCc1ccc(F)c(CN(C)C)c1. The molecule has 5 nitrogen and oxygen atoms in total. The molecule has 2 N–H and O–H groups in total. The van der Waals surface area contributed by atoms with Gasteiger partial charge in [-0.25, -0.2) is 4.39 Å². The first kappa shape index (κ1) is 21.7. The number of aryl methyl sites for hydroxylation is 1. The minimum atomic E-state index is -0.178. The van der Waals surface area contributed by atoms with Gasteiger partial charge in [0.15, 0.2) is 5.96 Å². The predicted octanol–water partition coefficient (Wildman–Crippen LogP) is 3.46. The second kappa shape index (κ2) is 10.7. The highest BCUT2D eigenvalue weighted by Crippen LogP contribution is 2.20. The first-order valence-corrected chi connectivity index (χ1v) is 9.51. The Morgan fingerprint density at radius 3 is 2.50 bits per heavy atom. The molecule has 0 fully saturated rings. The summed E-state index contributed by atoms with van der Waals surface area (Å²) >= 11 is 0. The van der Waals surface area contributed by atoms with Crippen molar-refractivity contribution in [2.45, 2.75) is 33.5 Å². The standard InChI is InChI=1S/C22H31FN4O/c1-6-28-21-11-16(2)7-9-18(21)14-26-22(24-3)25-13-17-8-10-20(23)19(12-17)15-27(4)5/h7-12H,6,13-15H2,1-5H3,(H2,24,25,26). The Balaban J connectivity index is 1.97. The van der Waals surface area contributed by atoms with Crippen molar-refractivity contribution in [3.8, 4) is 5.75 Å². The maximum absolute atomic E-state index is 13.9. The third kappa shape index (κ3) is 6.53. The van der Waals surface area contributed by atoms with Gasteiger partial charge in [-0.2, -0.15) is 0 Å². The molecule has 0 saturated heterocycles. The molecule has 0 atom stereocenters.